The van der Waals surface area contributed by atoms with Crippen LogP contribution in [-0.2, 0) is 9.53 Å². The number of nitrogens with one attached hydrogen (secondary N) is 1. The minimum atomic E-state index is -0.299. The largest absolute Gasteiger partial charge is 0.466 e. The predicted molar refractivity (Wildman–Crippen MR) is 42.2 cm³/mol. The lowest BCUT2D eigenvalue weighted by Crippen LogP contribution is -2.07. The molecule has 0 unspecified atom stereocenters. The summed E-state index contributed by atoms with van der Waals surface area (Å²) in [6, 6.07) is 0.461. The van der Waals surface area contributed by atoms with E-state index >= 15 is 0 Å². The average Bonchev–Trinajstić information content (AvgIpc) is 2.56. The zero-order valence-corrected chi connectivity index (χ0v) is 7.05. The van der Waals surface area contributed by atoms with E-state index in [9.17, 15) is 4.79 Å². The van der Waals surface area contributed by atoms with Gasteiger partial charge in [0.1, 0.15) is 0 Å². The molecule has 0 aromatic rings. The molecular weight excluding hydrogens is 142 g/mol. The molecule has 1 aliphatic rings. The van der Waals surface area contributed by atoms with Gasteiger partial charge in [0.2, 0.25) is 0 Å². The van der Waals surface area contributed by atoms with Crippen molar-refractivity contribution >= 4 is 5.97 Å². The number of esters is 1. The maximum absolute atomic E-state index is 10.7. The first-order valence-corrected chi connectivity index (χ1v) is 3.63. The highest BCUT2D eigenvalue weighted by molar-refractivity contribution is 5.82. The Balaban J connectivity index is 2.42. The van der Waals surface area contributed by atoms with Crippen molar-refractivity contribution in [1.29, 1.82) is 0 Å². The summed E-state index contributed by atoms with van der Waals surface area (Å²) in [5.74, 6) is -0.299. The van der Waals surface area contributed by atoms with Crippen LogP contribution in [-0.4, -0.2) is 24.7 Å². The van der Waals surface area contributed by atoms with Crippen molar-refractivity contribution < 1.29 is 9.53 Å². The maximum Gasteiger partial charge on any atom is 0.330 e. The number of methoxy groups -OCH3 is 1. The smallest absolute Gasteiger partial charge is 0.330 e. The highest BCUT2D eigenvalue weighted by atomic mass is 16.5. The summed E-state index contributed by atoms with van der Waals surface area (Å²) in [7, 11) is 1.37. The summed E-state index contributed by atoms with van der Waals surface area (Å²) in [4.78, 5) is 10.7. The summed E-state index contributed by atoms with van der Waals surface area (Å²) in [6.45, 7) is 4.11. The molecule has 1 heterocycles. The van der Waals surface area contributed by atoms with Crippen LogP contribution in [0, 0.1) is 0 Å². The molecule has 1 fully saturated rings. The number of carbonyl (C=O) groups excluding carboxylic acids is 1. The topological polar surface area (TPSA) is 48.2 Å². The zero-order chi connectivity index (χ0) is 8.48. The van der Waals surface area contributed by atoms with Crippen molar-refractivity contribution in [3.8, 4) is 0 Å². The fraction of sp³-hybridized carbons (Fsp3) is 0.625. The first kappa shape index (κ1) is 8.27. The molecule has 0 aromatic carbocycles. The van der Waals surface area contributed by atoms with Gasteiger partial charge in [-0.2, -0.15) is 0 Å². The normalized spacial score (nSPS) is 35.7. The Hall–Kier alpha value is -0.830. The molecule has 0 radical (unpaired) electrons. The molecule has 62 valence electrons. The van der Waals surface area contributed by atoms with E-state index in [1.165, 1.54) is 13.2 Å². The van der Waals surface area contributed by atoms with Crippen LogP contribution >= 0.6 is 0 Å². The fourth-order valence-electron chi connectivity index (χ4n) is 0.926. The number of ether oxygens (including phenoxy) is 1. The van der Waals surface area contributed by atoms with Gasteiger partial charge in [-0.05, 0) is 13.8 Å². The number of hydrogen-bond acceptors (Lipinski definition) is 3. The van der Waals surface area contributed by atoms with Gasteiger partial charge in [-0.15, -0.1) is 0 Å². The first-order chi connectivity index (χ1) is 5.08. The Kier molecular flexibility index (Phi) is 2.00. The third-order valence-electron chi connectivity index (χ3n) is 2.11. The molecule has 1 saturated heterocycles. The van der Waals surface area contributed by atoms with Gasteiger partial charge in [-0.1, -0.05) is 6.08 Å². The lowest BCUT2D eigenvalue weighted by molar-refractivity contribution is -0.134. The van der Waals surface area contributed by atoms with Crippen molar-refractivity contribution in [3.63, 3.8) is 0 Å². The van der Waals surface area contributed by atoms with Crippen LogP contribution in [0.25, 0.3) is 0 Å². The molecule has 0 bridgehead atoms. The maximum atomic E-state index is 10.7. The van der Waals surface area contributed by atoms with Gasteiger partial charge >= 0.3 is 5.97 Å². The highest BCUT2D eigenvalue weighted by Crippen LogP contribution is 2.26. The van der Waals surface area contributed by atoms with Gasteiger partial charge in [0.25, 0.3) is 0 Å². The first-order valence-electron chi connectivity index (χ1n) is 3.63. The fourth-order valence-corrected chi connectivity index (χ4v) is 0.926. The van der Waals surface area contributed by atoms with Crippen LogP contribution < -0.4 is 5.32 Å². The molecule has 3 nitrogen and oxygen atoms in total. The summed E-state index contributed by atoms with van der Waals surface area (Å²) in [6.07, 6.45) is 3.29. The third kappa shape index (κ3) is 1.80. The number of carbonyl (C=O) groups is 1. The molecule has 0 spiro atoms. The minimum Gasteiger partial charge on any atom is -0.466 e. The van der Waals surface area contributed by atoms with E-state index in [-0.39, 0.29) is 11.5 Å². The van der Waals surface area contributed by atoms with Crippen LogP contribution in [0.3, 0.4) is 0 Å². The van der Waals surface area contributed by atoms with E-state index in [0.29, 0.717) is 6.04 Å². The van der Waals surface area contributed by atoms with Gasteiger partial charge in [-0.3, -0.25) is 0 Å². The summed E-state index contributed by atoms with van der Waals surface area (Å²) in [5.41, 5.74) is 0.00813. The Bertz CT molecular complexity index is 200. The average molecular weight is 155 g/mol. The van der Waals surface area contributed by atoms with Crippen LogP contribution in [0.4, 0.5) is 0 Å². The molecule has 1 N–H and O–H groups in total. The van der Waals surface area contributed by atoms with Crippen molar-refractivity contribution in [2.24, 2.45) is 0 Å². The number of hydrogen-bond donors (Lipinski definition) is 1. The van der Waals surface area contributed by atoms with E-state index in [2.05, 4.69) is 17.0 Å². The monoisotopic (exact) mass is 155 g/mol. The standard InChI is InChI=1S/C8H13NO2/c1-6-8(2,9-6)5-4-7(10)11-3/h4-6,9H,1-3H3/b5-4+/t6-,8-/m1/s1. The van der Waals surface area contributed by atoms with Gasteiger partial charge in [0, 0.05) is 17.7 Å². The van der Waals surface area contributed by atoms with Crippen molar-refractivity contribution in [2.75, 3.05) is 7.11 Å². The molecule has 1 aliphatic heterocycles. The van der Waals surface area contributed by atoms with Crippen molar-refractivity contribution in [2.45, 2.75) is 25.4 Å². The summed E-state index contributed by atoms with van der Waals surface area (Å²) >= 11 is 0. The van der Waals surface area contributed by atoms with Crippen molar-refractivity contribution in [1.82, 2.24) is 5.32 Å². The van der Waals surface area contributed by atoms with E-state index in [1.807, 2.05) is 13.0 Å². The number of rotatable bonds is 2. The third-order valence-corrected chi connectivity index (χ3v) is 2.11. The van der Waals surface area contributed by atoms with E-state index < -0.39 is 0 Å². The molecule has 2 atom stereocenters. The van der Waals surface area contributed by atoms with Crippen LogP contribution in [0.5, 0.6) is 0 Å². The molecule has 0 amide bonds. The molecule has 0 aromatic heterocycles. The minimum absolute atomic E-state index is 0.00813. The van der Waals surface area contributed by atoms with Gasteiger partial charge in [-0.25, -0.2) is 4.79 Å². The second-order valence-electron chi connectivity index (χ2n) is 3.01. The second kappa shape index (κ2) is 2.66. The Morgan fingerprint density at radius 2 is 2.27 bits per heavy atom. The lowest BCUT2D eigenvalue weighted by atomic mass is 10.1. The zero-order valence-electron chi connectivity index (χ0n) is 7.05. The molecule has 1 rings (SSSR count). The van der Waals surface area contributed by atoms with Gasteiger partial charge < -0.3 is 10.1 Å². The summed E-state index contributed by atoms with van der Waals surface area (Å²) in [5, 5.41) is 3.19. The molecule has 3 heteroatoms. The van der Waals surface area contributed by atoms with Gasteiger partial charge in [0.05, 0.1) is 7.11 Å². The highest BCUT2D eigenvalue weighted by Gasteiger charge is 2.43. The SMILES string of the molecule is COC(=O)/C=C/[C@@]1(C)N[C@@H]1C. The molecule has 11 heavy (non-hydrogen) atoms. The second-order valence-corrected chi connectivity index (χ2v) is 3.01. The van der Waals surface area contributed by atoms with Gasteiger partial charge in [0.15, 0.2) is 0 Å². The Morgan fingerprint density at radius 3 is 2.64 bits per heavy atom. The van der Waals surface area contributed by atoms with Crippen LogP contribution in [0.2, 0.25) is 0 Å². The Morgan fingerprint density at radius 1 is 1.73 bits per heavy atom. The molecule has 0 saturated carbocycles. The van der Waals surface area contributed by atoms with Crippen LogP contribution in [0.1, 0.15) is 13.8 Å². The molecule has 0 aliphatic carbocycles. The van der Waals surface area contributed by atoms with E-state index in [0.717, 1.165) is 0 Å². The summed E-state index contributed by atoms with van der Waals surface area (Å²) < 4.78 is 4.46. The van der Waals surface area contributed by atoms with E-state index in [1.54, 1.807) is 0 Å². The van der Waals surface area contributed by atoms with Crippen molar-refractivity contribution in [3.05, 3.63) is 12.2 Å². The molecular formula is C8H13NO2. The predicted octanol–water partition coefficient (Wildman–Crippen LogP) is 0.466. The quantitative estimate of drug-likeness (QED) is 0.358. The Labute approximate surface area is 66.4 Å². The lowest BCUT2D eigenvalue weighted by Gasteiger charge is -1.96. The van der Waals surface area contributed by atoms with E-state index in [4.69, 9.17) is 0 Å². The van der Waals surface area contributed by atoms with Crippen LogP contribution in [0.15, 0.2) is 12.2 Å².